The monoisotopic (exact) mass is 538 g/mol. The lowest BCUT2D eigenvalue weighted by Gasteiger charge is -2.29. The Morgan fingerprint density at radius 1 is 0.923 bits per heavy atom. The molecule has 0 saturated heterocycles. The van der Waals surface area contributed by atoms with Crippen LogP contribution in [0.2, 0.25) is 0 Å². The van der Waals surface area contributed by atoms with Gasteiger partial charge in [-0.25, -0.2) is 0 Å². The van der Waals surface area contributed by atoms with E-state index in [1.54, 1.807) is 13.2 Å². The van der Waals surface area contributed by atoms with Crippen molar-refractivity contribution in [3.63, 3.8) is 0 Å². The number of halogens is 3. The third kappa shape index (κ3) is 6.06. The summed E-state index contributed by atoms with van der Waals surface area (Å²) in [6.45, 7) is 3.98. The van der Waals surface area contributed by atoms with Crippen LogP contribution in [-0.2, 0) is 32.6 Å². The van der Waals surface area contributed by atoms with E-state index in [-0.39, 0.29) is 12.3 Å². The minimum absolute atomic E-state index is 0.0809. The van der Waals surface area contributed by atoms with Crippen molar-refractivity contribution < 1.29 is 22.6 Å². The van der Waals surface area contributed by atoms with E-state index in [0.29, 0.717) is 12.1 Å². The highest BCUT2D eigenvalue weighted by molar-refractivity contribution is 5.97. The first-order chi connectivity index (χ1) is 18.8. The zero-order valence-corrected chi connectivity index (χ0v) is 21.9. The summed E-state index contributed by atoms with van der Waals surface area (Å²) < 4.78 is 50.1. The summed E-state index contributed by atoms with van der Waals surface area (Å²) >= 11 is 0. The Kier molecular flexibility index (Phi) is 7.83. The van der Waals surface area contributed by atoms with E-state index in [1.807, 2.05) is 12.3 Å². The number of methoxy groups -OCH3 is 1. The molecule has 0 aliphatic carbocycles. The zero-order valence-electron chi connectivity index (χ0n) is 21.9. The van der Waals surface area contributed by atoms with Crippen molar-refractivity contribution in [2.24, 2.45) is 11.5 Å². The highest BCUT2D eigenvalue weighted by atomic mass is 19.4. The standard InChI is InChI=1S/C30H33F3N4O2/c1-38-24-5-4-22-18-36(12-9-21(22)14-24)17-20-3-8-29-27(13-20)28(19-37(29)11-2-10-34)26-7-6-25(15-23(26)16-35)39-30(31,32)33/h3-8,13-15,19H,2,9-12,16-18,34-35H2,1H3. The molecule has 0 spiro atoms. The minimum atomic E-state index is -4.76. The third-order valence-electron chi connectivity index (χ3n) is 7.28. The molecule has 0 unspecified atom stereocenters. The number of aryl methyl sites for hydroxylation is 1. The second-order valence-electron chi connectivity index (χ2n) is 9.90. The summed E-state index contributed by atoms with van der Waals surface area (Å²) in [7, 11) is 1.69. The molecule has 1 aromatic heterocycles. The number of hydrogen-bond donors (Lipinski definition) is 2. The van der Waals surface area contributed by atoms with Gasteiger partial charge in [-0.05, 0) is 83.6 Å². The molecule has 0 fully saturated rings. The molecule has 0 bridgehead atoms. The van der Waals surface area contributed by atoms with Gasteiger partial charge in [0.1, 0.15) is 11.5 Å². The second kappa shape index (κ2) is 11.3. The van der Waals surface area contributed by atoms with Crippen molar-refractivity contribution in [2.45, 2.75) is 45.4 Å². The van der Waals surface area contributed by atoms with Crippen LogP contribution in [0.25, 0.3) is 22.0 Å². The normalized spacial score (nSPS) is 14.0. The van der Waals surface area contributed by atoms with Gasteiger partial charge in [-0.3, -0.25) is 4.90 Å². The molecule has 9 heteroatoms. The molecule has 6 nitrogen and oxygen atoms in total. The second-order valence-corrected chi connectivity index (χ2v) is 9.90. The smallest absolute Gasteiger partial charge is 0.497 e. The summed E-state index contributed by atoms with van der Waals surface area (Å²) in [5.74, 6) is 0.608. The number of ether oxygens (including phenoxy) is 2. The van der Waals surface area contributed by atoms with Crippen molar-refractivity contribution in [2.75, 3.05) is 20.2 Å². The van der Waals surface area contributed by atoms with Gasteiger partial charge in [0.05, 0.1) is 7.11 Å². The first-order valence-electron chi connectivity index (χ1n) is 13.1. The van der Waals surface area contributed by atoms with Crippen LogP contribution in [0.4, 0.5) is 13.2 Å². The molecule has 1 aliphatic heterocycles. The average Bonchev–Trinajstić information content (AvgIpc) is 3.28. The molecule has 2 heterocycles. The zero-order chi connectivity index (χ0) is 27.6. The molecule has 5 rings (SSSR count). The predicted molar refractivity (Wildman–Crippen MR) is 146 cm³/mol. The quantitative estimate of drug-likeness (QED) is 0.291. The average molecular weight is 539 g/mol. The molecule has 4 N–H and O–H groups in total. The van der Waals surface area contributed by atoms with Gasteiger partial charge >= 0.3 is 6.36 Å². The van der Waals surface area contributed by atoms with E-state index in [1.165, 1.54) is 28.8 Å². The topological polar surface area (TPSA) is 78.7 Å². The number of hydrogen-bond acceptors (Lipinski definition) is 5. The summed E-state index contributed by atoms with van der Waals surface area (Å²) in [6.07, 6.45) is -0.943. The highest BCUT2D eigenvalue weighted by Gasteiger charge is 2.31. The lowest BCUT2D eigenvalue weighted by Crippen LogP contribution is -2.30. The minimum Gasteiger partial charge on any atom is -0.497 e. The van der Waals surface area contributed by atoms with Gasteiger partial charge in [-0.15, -0.1) is 13.2 Å². The van der Waals surface area contributed by atoms with E-state index in [4.69, 9.17) is 16.2 Å². The molecule has 1 aliphatic rings. The predicted octanol–water partition coefficient (Wildman–Crippen LogP) is 5.58. The number of benzene rings is 3. The van der Waals surface area contributed by atoms with Crippen LogP contribution in [0, 0.1) is 0 Å². The Balaban J connectivity index is 1.48. The maximum atomic E-state index is 12.8. The summed E-state index contributed by atoms with van der Waals surface area (Å²) in [4.78, 5) is 2.43. The molecule has 0 amide bonds. The van der Waals surface area contributed by atoms with Gasteiger partial charge in [0, 0.05) is 55.4 Å². The first kappa shape index (κ1) is 27.1. The van der Waals surface area contributed by atoms with Crippen LogP contribution in [0.1, 0.15) is 28.7 Å². The SMILES string of the molecule is COc1ccc2c(c1)CCN(Cc1ccc3c(c1)c(-c1ccc(OC(F)(F)F)cc1CN)cn3CCCN)C2. The fraction of sp³-hybridized carbons (Fsp3) is 0.333. The van der Waals surface area contributed by atoms with E-state index in [0.717, 1.165) is 66.8 Å². The lowest BCUT2D eigenvalue weighted by atomic mass is 9.97. The Labute approximate surface area is 225 Å². The first-order valence-corrected chi connectivity index (χ1v) is 13.1. The Morgan fingerprint density at radius 2 is 1.74 bits per heavy atom. The van der Waals surface area contributed by atoms with Crippen LogP contribution in [0.15, 0.2) is 60.8 Å². The summed E-state index contributed by atoms with van der Waals surface area (Å²) in [5.41, 5.74) is 18.9. The number of nitrogens with two attached hydrogens (primary N) is 2. The summed E-state index contributed by atoms with van der Waals surface area (Å²) in [5, 5.41) is 1.03. The Hall–Kier alpha value is -3.53. The van der Waals surface area contributed by atoms with Crippen molar-refractivity contribution in [3.8, 4) is 22.6 Å². The van der Waals surface area contributed by atoms with Gasteiger partial charge in [0.25, 0.3) is 0 Å². The fourth-order valence-electron chi connectivity index (χ4n) is 5.41. The van der Waals surface area contributed by atoms with Crippen molar-refractivity contribution in [1.29, 1.82) is 0 Å². The maximum Gasteiger partial charge on any atom is 0.573 e. The van der Waals surface area contributed by atoms with Crippen LogP contribution < -0.4 is 20.9 Å². The van der Waals surface area contributed by atoms with E-state index in [2.05, 4.69) is 44.5 Å². The van der Waals surface area contributed by atoms with Gasteiger partial charge in [-0.2, -0.15) is 0 Å². The number of rotatable bonds is 9. The van der Waals surface area contributed by atoms with Gasteiger partial charge in [-0.1, -0.05) is 18.2 Å². The molecular formula is C30H33F3N4O2. The van der Waals surface area contributed by atoms with Crippen molar-refractivity contribution in [3.05, 3.63) is 83.0 Å². The van der Waals surface area contributed by atoms with Crippen molar-refractivity contribution in [1.82, 2.24) is 9.47 Å². The molecule has 206 valence electrons. The Morgan fingerprint density at radius 3 is 2.49 bits per heavy atom. The molecular weight excluding hydrogens is 505 g/mol. The van der Waals surface area contributed by atoms with Crippen molar-refractivity contribution >= 4 is 10.9 Å². The number of nitrogens with zero attached hydrogens (tertiary/aromatic N) is 2. The van der Waals surface area contributed by atoms with E-state index in [9.17, 15) is 13.2 Å². The Bertz CT molecular complexity index is 1460. The molecule has 0 radical (unpaired) electrons. The van der Waals surface area contributed by atoms with Gasteiger partial charge in [0.2, 0.25) is 0 Å². The van der Waals surface area contributed by atoms with Crippen LogP contribution in [0.5, 0.6) is 11.5 Å². The van der Waals surface area contributed by atoms with Gasteiger partial charge in [0.15, 0.2) is 0 Å². The fourth-order valence-corrected chi connectivity index (χ4v) is 5.41. The number of aromatic nitrogens is 1. The maximum absolute atomic E-state index is 12.8. The van der Waals surface area contributed by atoms with E-state index >= 15 is 0 Å². The summed E-state index contributed by atoms with van der Waals surface area (Å²) in [6, 6.07) is 17.1. The highest BCUT2D eigenvalue weighted by Crippen LogP contribution is 2.36. The van der Waals surface area contributed by atoms with E-state index < -0.39 is 6.36 Å². The van der Waals surface area contributed by atoms with Gasteiger partial charge < -0.3 is 25.5 Å². The van der Waals surface area contributed by atoms with Crippen LogP contribution in [0.3, 0.4) is 0 Å². The lowest BCUT2D eigenvalue weighted by molar-refractivity contribution is -0.274. The molecule has 0 atom stereocenters. The third-order valence-corrected chi connectivity index (χ3v) is 7.28. The molecule has 39 heavy (non-hydrogen) atoms. The number of fused-ring (bicyclic) bond motifs is 2. The number of alkyl halides is 3. The molecule has 0 saturated carbocycles. The van der Waals surface area contributed by atoms with Crippen LogP contribution in [-0.4, -0.2) is 36.0 Å². The molecule has 3 aromatic carbocycles. The largest absolute Gasteiger partial charge is 0.573 e. The van der Waals surface area contributed by atoms with Crippen LogP contribution >= 0.6 is 0 Å². The molecule has 4 aromatic rings.